The molecule has 0 bridgehead atoms. The van der Waals surface area contributed by atoms with E-state index in [0.717, 1.165) is 36.1 Å². The van der Waals surface area contributed by atoms with Gasteiger partial charge in [-0.1, -0.05) is 30.7 Å². The predicted molar refractivity (Wildman–Crippen MR) is 93.8 cm³/mol. The Hall–Kier alpha value is -2.82. The van der Waals surface area contributed by atoms with Crippen LogP contribution in [0.5, 0.6) is 5.75 Å². The molecule has 0 aromatic heterocycles. The molecule has 25 heavy (non-hydrogen) atoms. The Morgan fingerprint density at radius 1 is 1.08 bits per heavy atom. The third-order valence-corrected chi connectivity index (χ3v) is 4.94. The predicted octanol–water partition coefficient (Wildman–Crippen LogP) is 3.13. The zero-order valence-electron chi connectivity index (χ0n) is 14.1. The molecule has 0 heterocycles. The monoisotopic (exact) mass is 339 g/mol. The van der Waals surface area contributed by atoms with Crippen LogP contribution in [0, 0.1) is 0 Å². The van der Waals surface area contributed by atoms with E-state index in [1.807, 2.05) is 24.3 Å². The first-order valence-electron chi connectivity index (χ1n) is 8.30. The molecule has 2 aromatic rings. The molecule has 0 radical (unpaired) electrons. The highest BCUT2D eigenvalue weighted by Crippen LogP contribution is 2.44. The van der Waals surface area contributed by atoms with Crippen LogP contribution in [0.25, 0.3) is 0 Å². The van der Waals surface area contributed by atoms with Crippen LogP contribution in [0.15, 0.2) is 48.5 Å². The lowest BCUT2D eigenvalue weighted by Gasteiger charge is -2.40. The van der Waals surface area contributed by atoms with Gasteiger partial charge < -0.3 is 15.2 Å². The molecule has 0 unspecified atom stereocenters. The van der Waals surface area contributed by atoms with E-state index in [4.69, 9.17) is 9.84 Å². The van der Waals surface area contributed by atoms with Gasteiger partial charge in [-0.05, 0) is 48.2 Å². The summed E-state index contributed by atoms with van der Waals surface area (Å²) in [5.74, 6) is -0.160. The summed E-state index contributed by atoms with van der Waals surface area (Å²) in [6.45, 7) is 0.386. The molecule has 3 rings (SSSR count). The normalized spacial score (nSPS) is 15.1. The second-order valence-corrected chi connectivity index (χ2v) is 6.35. The van der Waals surface area contributed by atoms with E-state index >= 15 is 0 Å². The summed E-state index contributed by atoms with van der Waals surface area (Å²) in [5, 5.41) is 11.9. The highest BCUT2D eigenvalue weighted by atomic mass is 16.5. The molecule has 0 aliphatic heterocycles. The number of carbonyl (C=O) groups excluding carboxylic acids is 1. The third-order valence-electron chi connectivity index (χ3n) is 4.94. The van der Waals surface area contributed by atoms with Crippen molar-refractivity contribution in [2.75, 3.05) is 7.11 Å². The highest BCUT2D eigenvalue weighted by Gasteiger charge is 2.45. The van der Waals surface area contributed by atoms with Gasteiger partial charge in [0.05, 0.1) is 18.1 Å². The molecule has 1 saturated carbocycles. The summed E-state index contributed by atoms with van der Waals surface area (Å²) in [7, 11) is 1.62. The summed E-state index contributed by atoms with van der Waals surface area (Å²) in [6, 6.07) is 14.2. The maximum atomic E-state index is 12.8. The number of amides is 1. The number of hydrogen-bond donors (Lipinski definition) is 2. The lowest BCUT2D eigenvalue weighted by molar-refractivity contribution is -0.130. The summed E-state index contributed by atoms with van der Waals surface area (Å²) < 4.78 is 5.18. The van der Waals surface area contributed by atoms with E-state index in [2.05, 4.69) is 5.32 Å². The van der Waals surface area contributed by atoms with Gasteiger partial charge in [0.1, 0.15) is 5.75 Å². The Morgan fingerprint density at radius 3 is 2.20 bits per heavy atom. The first-order valence-corrected chi connectivity index (χ1v) is 8.30. The number of methoxy groups -OCH3 is 1. The molecular weight excluding hydrogens is 318 g/mol. The van der Waals surface area contributed by atoms with Gasteiger partial charge in [0.25, 0.3) is 0 Å². The molecule has 0 atom stereocenters. The topological polar surface area (TPSA) is 75.6 Å². The van der Waals surface area contributed by atoms with Gasteiger partial charge in [-0.15, -0.1) is 0 Å². The number of ether oxygens (including phenoxy) is 1. The first-order chi connectivity index (χ1) is 12.0. The second kappa shape index (κ2) is 6.97. The number of nitrogens with one attached hydrogen (secondary N) is 1. The Labute approximate surface area is 146 Å². The Kier molecular flexibility index (Phi) is 4.74. The molecule has 5 nitrogen and oxygen atoms in total. The van der Waals surface area contributed by atoms with Crippen LogP contribution in [-0.4, -0.2) is 24.1 Å². The number of carbonyl (C=O) groups is 2. The summed E-state index contributed by atoms with van der Waals surface area (Å²) in [5.41, 5.74) is 1.66. The van der Waals surface area contributed by atoms with Crippen molar-refractivity contribution in [1.82, 2.24) is 5.32 Å². The molecule has 0 saturated heterocycles. The van der Waals surface area contributed by atoms with Crippen molar-refractivity contribution in [2.24, 2.45) is 0 Å². The van der Waals surface area contributed by atoms with Crippen molar-refractivity contribution in [3.8, 4) is 5.75 Å². The molecule has 1 fully saturated rings. The fraction of sp³-hybridized carbons (Fsp3) is 0.300. The van der Waals surface area contributed by atoms with E-state index in [9.17, 15) is 9.59 Å². The molecule has 1 amide bonds. The van der Waals surface area contributed by atoms with Gasteiger partial charge in [-0.2, -0.15) is 0 Å². The van der Waals surface area contributed by atoms with Crippen molar-refractivity contribution in [2.45, 2.75) is 31.2 Å². The van der Waals surface area contributed by atoms with Crippen LogP contribution in [-0.2, 0) is 16.8 Å². The molecular formula is C20H21NO4. The van der Waals surface area contributed by atoms with E-state index in [0.29, 0.717) is 6.54 Å². The quantitative estimate of drug-likeness (QED) is 0.848. The van der Waals surface area contributed by atoms with E-state index in [1.165, 1.54) is 0 Å². The average molecular weight is 339 g/mol. The molecule has 0 spiro atoms. The SMILES string of the molecule is COc1ccc(C2(C(=O)NCc3ccc(C(=O)O)cc3)CCC2)cc1. The van der Waals surface area contributed by atoms with Crippen molar-refractivity contribution in [1.29, 1.82) is 0 Å². The van der Waals surface area contributed by atoms with E-state index in [-0.39, 0.29) is 11.5 Å². The average Bonchev–Trinajstić information content (AvgIpc) is 2.60. The van der Waals surface area contributed by atoms with Gasteiger partial charge >= 0.3 is 5.97 Å². The van der Waals surface area contributed by atoms with Gasteiger partial charge in [-0.25, -0.2) is 4.79 Å². The standard InChI is InChI=1S/C20H21NO4/c1-25-17-9-7-16(8-10-17)20(11-2-12-20)19(24)21-13-14-3-5-15(6-4-14)18(22)23/h3-10H,2,11-13H2,1H3,(H,21,24)(H,22,23). The Bertz CT molecular complexity index is 761. The number of hydrogen-bond acceptors (Lipinski definition) is 3. The zero-order chi connectivity index (χ0) is 17.9. The second-order valence-electron chi connectivity index (χ2n) is 6.35. The lowest BCUT2D eigenvalue weighted by atomic mass is 9.64. The minimum absolute atomic E-state index is 0.0197. The van der Waals surface area contributed by atoms with Crippen LogP contribution in [0.1, 0.15) is 40.7 Å². The molecule has 130 valence electrons. The smallest absolute Gasteiger partial charge is 0.335 e. The van der Waals surface area contributed by atoms with Crippen molar-refractivity contribution in [3.63, 3.8) is 0 Å². The lowest BCUT2D eigenvalue weighted by Crippen LogP contribution is -2.48. The fourth-order valence-electron chi connectivity index (χ4n) is 3.20. The van der Waals surface area contributed by atoms with Crippen LogP contribution in [0.3, 0.4) is 0 Å². The molecule has 1 aliphatic carbocycles. The summed E-state index contributed by atoms with van der Waals surface area (Å²) >= 11 is 0. The maximum absolute atomic E-state index is 12.8. The minimum Gasteiger partial charge on any atom is -0.497 e. The number of carboxylic acid groups (broad SMARTS) is 1. The maximum Gasteiger partial charge on any atom is 0.335 e. The van der Waals surface area contributed by atoms with Crippen LogP contribution in [0.2, 0.25) is 0 Å². The minimum atomic E-state index is -0.955. The number of aromatic carboxylic acids is 1. The van der Waals surface area contributed by atoms with Crippen LogP contribution in [0.4, 0.5) is 0 Å². The molecule has 1 aliphatic rings. The highest BCUT2D eigenvalue weighted by molar-refractivity contribution is 5.89. The number of benzene rings is 2. The third kappa shape index (κ3) is 3.36. The molecule has 2 N–H and O–H groups in total. The summed E-state index contributed by atoms with van der Waals surface area (Å²) in [4.78, 5) is 23.7. The number of carboxylic acids is 1. The van der Waals surface area contributed by atoms with Gasteiger partial charge in [0.15, 0.2) is 0 Å². The van der Waals surface area contributed by atoms with Gasteiger partial charge in [-0.3, -0.25) is 4.79 Å². The molecule has 5 heteroatoms. The van der Waals surface area contributed by atoms with E-state index < -0.39 is 11.4 Å². The zero-order valence-corrected chi connectivity index (χ0v) is 14.1. The van der Waals surface area contributed by atoms with Crippen LogP contribution >= 0.6 is 0 Å². The van der Waals surface area contributed by atoms with Crippen LogP contribution < -0.4 is 10.1 Å². The molecule has 2 aromatic carbocycles. The fourth-order valence-corrected chi connectivity index (χ4v) is 3.20. The Morgan fingerprint density at radius 2 is 1.72 bits per heavy atom. The largest absolute Gasteiger partial charge is 0.497 e. The number of rotatable bonds is 6. The van der Waals surface area contributed by atoms with Crippen molar-refractivity contribution in [3.05, 3.63) is 65.2 Å². The van der Waals surface area contributed by atoms with Gasteiger partial charge in [0.2, 0.25) is 5.91 Å². The van der Waals surface area contributed by atoms with Crippen molar-refractivity contribution >= 4 is 11.9 Å². The van der Waals surface area contributed by atoms with Gasteiger partial charge in [0, 0.05) is 6.54 Å². The summed E-state index contributed by atoms with van der Waals surface area (Å²) in [6.07, 6.45) is 2.71. The van der Waals surface area contributed by atoms with Crippen molar-refractivity contribution < 1.29 is 19.4 Å². The Balaban J connectivity index is 1.68. The van der Waals surface area contributed by atoms with E-state index in [1.54, 1.807) is 31.4 Å². The first kappa shape index (κ1) is 17.0.